The molecule has 0 bridgehead atoms. The number of likely N-dealkylation sites (tertiary alicyclic amines) is 1. The zero-order valence-corrected chi connectivity index (χ0v) is 8.62. The Kier molecular flexibility index (Phi) is 3.72. The van der Waals surface area contributed by atoms with Gasteiger partial charge in [0.15, 0.2) is 0 Å². The molecule has 1 aliphatic heterocycles. The normalized spacial score (nSPS) is 25.0. The first-order valence-electron chi connectivity index (χ1n) is 5.12. The van der Waals surface area contributed by atoms with Gasteiger partial charge in [0.1, 0.15) is 0 Å². The summed E-state index contributed by atoms with van der Waals surface area (Å²) in [4.78, 5) is 13.2. The Morgan fingerprint density at radius 1 is 1.62 bits per heavy atom. The van der Waals surface area contributed by atoms with Crippen molar-refractivity contribution in [1.82, 2.24) is 4.90 Å². The maximum Gasteiger partial charge on any atom is 0.217 e. The summed E-state index contributed by atoms with van der Waals surface area (Å²) < 4.78 is 0. The van der Waals surface area contributed by atoms with Gasteiger partial charge in [0.2, 0.25) is 5.91 Å². The Morgan fingerprint density at radius 3 is 2.85 bits per heavy atom. The molecule has 1 saturated heterocycles. The first-order chi connectivity index (χ1) is 6.09. The lowest BCUT2D eigenvalue weighted by Crippen LogP contribution is -2.40. The third-order valence-corrected chi connectivity index (χ3v) is 2.77. The van der Waals surface area contributed by atoms with Crippen molar-refractivity contribution in [2.24, 2.45) is 11.7 Å². The number of carbonyl (C=O) groups excluding carboxylic acids is 1. The molecule has 0 saturated carbocycles. The molecular formula is C10H20N2O. The highest BCUT2D eigenvalue weighted by Crippen LogP contribution is 2.20. The molecule has 1 fully saturated rings. The number of primary amides is 1. The lowest BCUT2D eigenvalue weighted by Gasteiger charge is -2.34. The highest BCUT2D eigenvalue weighted by Gasteiger charge is 2.22. The summed E-state index contributed by atoms with van der Waals surface area (Å²) in [7, 11) is 0. The van der Waals surface area contributed by atoms with E-state index in [0.717, 1.165) is 13.0 Å². The van der Waals surface area contributed by atoms with Gasteiger partial charge in [-0.3, -0.25) is 4.79 Å². The topological polar surface area (TPSA) is 46.3 Å². The molecule has 3 nitrogen and oxygen atoms in total. The number of amides is 1. The molecular weight excluding hydrogens is 164 g/mol. The largest absolute Gasteiger partial charge is 0.370 e. The molecule has 0 spiro atoms. The van der Waals surface area contributed by atoms with E-state index < -0.39 is 0 Å². The van der Waals surface area contributed by atoms with Crippen LogP contribution in [0.25, 0.3) is 0 Å². The Labute approximate surface area is 80.3 Å². The molecule has 1 atom stereocenters. The van der Waals surface area contributed by atoms with Crippen LogP contribution in [0.15, 0.2) is 0 Å². The van der Waals surface area contributed by atoms with E-state index in [2.05, 4.69) is 18.7 Å². The van der Waals surface area contributed by atoms with E-state index in [9.17, 15) is 4.79 Å². The first-order valence-corrected chi connectivity index (χ1v) is 5.12. The van der Waals surface area contributed by atoms with Crippen molar-refractivity contribution in [2.45, 2.75) is 39.2 Å². The van der Waals surface area contributed by atoms with E-state index >= 15 is 0 Å². The molecule has 13 heavy (non-hydrogen) atoms. The molecule has 1 rings (SSSR count). The van der Waals surface area contributed by atoms with Gasteiger partial charge in [0, 0.05) is 19.0 Å². The van der Waals surface area contributed by atoms with Crippen LogP contribution in [-0.4, -0.2) is 29.9 Å². The molecule has 0 unspecified atom stereocenters. The fourth-order valence-electron chi connectivity index (χ4n) is 2.02. The van der Waals surface area contributed by atoms with Crippen LogP contribution < -0.4 is 5.73 Å². The molecule has 0 aromatic carbocycles. The van der Waals surface area contributed by atoms with Crippen molar-refractivity contribution in [2.75, 3.05) is 13.1 Å². The van der Waals surface area contributed by atoms with Crippen LogP contribution in [0.2, 0.25) is 0 Å². The van der Waals surface area contributed by atoms with Crippen molar-refractivity contribution >= 4 is 5.91 Å². The van der Waals surface area contributed by atoms with Gasteiger partial charge in [-0.2, -0.15) is 0 Å². The van der Waals surface area contributed by atoms with Gasteiger partial charge in [-0.05, 0) is 39.2 Å². The van der Waals surface area contributed by atoms with Crippen LogP contribution in [-0.2, 0) is 4.79 Å². The van der Waals surface area contributed by atoms with Gasteiger partial charge in [-0.25, -0.2) is 0 Å². The number of hydrogen-bond acceptors (Lipinski definition) is 2. The summed E-state index contributed by atoms with van der Waals surface area (Å²) in [6, 6.07) is 0.593. The maximum atomic E-state index is 10.7. The Morgan fingerprint density at radius 2 is 2.31 bits per heavy atom. The summed E-state index contributed by atoms with van der Waals surface area (Å²) in [6.45, 7) is 6.62. The van der Waals surface area contributed by atoms with Gasteiger partial charge in [0.05, 0.1) is 0 Å². The second kappa shape index (κ2) is 4.61. The predicted octanol–water partition coefficient (Wildman–Crippen LogP) is 0.982. The van der Waals surface area contributed by atoms with E-state index in [-0.39, 0.29) is 5.91 Å². The number of carbonyl (C=O) groups is 1. The third-order valence-electron chi connectivity index (χ3n) is 2.77. The molecule has 1 heterocycles. The minimum Gasteiger partial charge on any atom is -0.370 e. The summed E-state index contributed by atoms with van der Waals surface area (Å²) in [5.41, 5.74) is 5.19. The van der Waals surface area contributed by atoms with Gasteiger partial charge in [-0.1, -0.05) is 0 Å². The van der Waals surface area contributed by atoms with Crippen molar-refractivity contribution in [1.29, 1.82) is 0 Å². The lowest BCUT2D eigenvalue weighted by atomic mass is 9.94. The summed E-state index contributed by atoms with van der Waals surface area (Å²) >= 11 is 0. The van der Waals surface area contributed by atoms with Crippen LogP contribution in [0, 0.1) is 5.92 Å². The number of rotatable bonds is 3. The summed E-state index contributed by atoms with van der Waals surface area (Å²) in [5.74, 6) is 0.337. The Balaban J connectivity index is 2.37. The van der Waals surface area contributed by atoms with Crippen LogP contribution in [0.1, 0.15) is 33.1 Å². The second-order valence-electron chi connectivity index (χ2n) is 4.27. The molecule has 0 aromatic heterocycles. The first kappa shape index (κ1) is 10.5. The zero-order chi connectivity index (χ0) is 9.84. The average molecular weight is 184 g/mol. The molecule has 0 aliphatic carbocycles. The van der Waals surface area contributed by atoms with E-state index in [1.807, 2.05) is 0 Å². The summed E-state index contributed by atoms with van der Waals surface area (Å²) in [5, 5.41) is 0. The molecule has 0 aromatic rings. The van der Waals surface area contributed by atoms with Gasteiger partial charge in [0.25, 0.3) is 0 Å². The Hall–Kier alpha value is -0.570. The van der Waals surface area contributed by atoms with Crippen molar-refractivity contribution in [3.8, 4) is 0 Å². The van der Waals surface area contributed by atoms with Gasteiger partial charge >= 0.3 is 0 Å². The quantitative estimate of drug-likeness (QED) is 0.710. The minimum absolute atomic E-state index is 0.157. The van der Waals surface area contributed by atoms with Gasteiger partial charge < -0.3 is 10.6 Å². The highest BCUT2D eigenvalue weighted by molar-refractivity contribution is 5.74. The van der Waals surface area contributed by atoms with Crippen molar-refractivity contribution in [3.63, 3.8) is 0 Å². The smallest absolute Gasteiger partial charge is 0.217 e. The van der Waals surface area contributed by atoms with E-state index in [1.165, 1.54) is 13.0 Å². The molecule has 0 radical (unpaired) electrons. The Bertz CT molecular complexity index is 180. The molecule has 2 N–H and O–H groups in total. The van der Waals surface area contributed by atoms with E-state index in [4.69, 9.17) is 5.73 Å². The fourth-order valence-corrected chi connectivity index (χ4v) is 2.02. The summed E-state index contributed by atoms with van der Waals surface area (Å²) in [6.07, 6.45) is 2.92. The second-order valence-corrected chi connectivity index (χ2v) is 4.27. The third kappa shape index (κ3) is 3.35. The van der Waals surface area contributed by atoms with Crippen LogP contribution in [0.4, 0.5) is 0 Å². The number of piperidine rings is 1. The molecule has 76 valence electrons. The van der Waals surface area contributed by atoms with Crippen LogP contribution in [0.3, 0.4) is 0 Å². The van der Waals surface area contributed by atoms with Gasteiger partial charge in [-0.15, -0.1) is 0 Å². The number of hydrogen-bond donors (Lipinski definition) is 1. The number of nitrogens with two attached hydrogens (primary N) is 1. The standard InChI is InChI=1S/C10H20N2O/c1-8(2)12-5-3-4-9(7-12)6-10(11)13/h8-9H,3-7H2,1-2H3,(H2,11,13)/t9-/m1/s1. The van der Waals surface area contributed by atoms with Crippen molar-refractivity contribution in [3.05, 3.63) is 0 Å². The van der Waals surface area contributed by atoms with Crippen molar-refractivity contribution < 1.29 is 4.79 Å². The van der Waals surface area contributed by atoms with E-state index in [1.54, 1.807) is 0 Å². The minimum atomic E-state index is -0.157. The fraction of sp³-hybridized carbons (Fsp3) is 0.900. The highest BCUT2D eigenvalue weighted by atomic mass is 16.1. The monoisotopic (exact) mass is 184 g/mol. The van der Waals surface area contributed by atoms with Crippen LogP contribution in [0.5, 0.6) is 0 Å². The molecule has 1 aliphatic rings. The maximum absolute atomic E-state index is 10.7. The van der Waals surface area contributed by atoms with Crippen LogP contribution >= 0.6 is 0 Å². The SMILES string of the molecule is CC(C)N1CCC[C@H](CC(N)=O)C1. The average Bonchev–Trinajstić information content (AvgIpc) is 2.03. The zero-order valence-electron chi connectivity index (χ0n) is 8.62. The molecule has 1 amide bonds. The van der Waals surface area contributed by atoms with E-state index in [0.29, 0.717) is 18.4 Å². The number of nitrogens with zero attached hydrogens (tertiary/aromatic N) is 1. The lowest BCUT2D eigenvalue weighted by molar-refractivity contribution is -0.119. The molecule has 3 heteroatoms. The predicted molar refractivity (Wildman–Crippen MR) is 53.2 cm³/mol.